The number of carbonyl (C=O) groups is 1. The highest BCUT2D eigenvalue weighted by atomic mass is 16.2. The monoisotopic (exact) mass is 395 g/mol. The van der Waals surface area contributed by atoms with Gasteiger partial charge in [0.1, 0.15) is 5.71 Å². The maximum absolute atomic E-state index is 13.4. The van der Waals surface area contributed by atoms with Crippen molar-refractivity contribution < 1.29 is 4.79 Å². The molecule has 0 radical (unpaired) electrons. The summed E-state index contributed by atoms with van der Waals surface area (Å²) in [6, 6.07) is 10.9. The molecule has 5 atom stereocenters. The Hall–Kier alpha value is -1.84. The van der Waals surface area contributed by atoms with E-state index in [2.05, 4.69) is 69.2 Å². The predicted molar refractivity (Wildman–Crippen MR) is 119 cm³/mol. The lowest BCUT2D eigenvalue weighted by molar-refractivity contribution is -0.116. The summed E-state index contributed by atoms with van der Waals surface area (Å²) in [7, 11) is 0. The maximum Gasteiger partial charge on any atom is 0.268 e. The van der Waals surface area contributed by atoms with Crippen LogP contribution in [0.15, 0.2) is 35.4 Å². The van der Waals surface area contributed by atoms with E-state index in [0.717, 1.165) is 31.7 Å². The predicted octanol–water partition coefficient (Wildman–Crippen LogP) is 5.17. The molecule has 1 aromatic carbocycles. The molecular weight excluding hydrogens is 358 g/mol. The van der Waals surface area contributed by atoms with Gasteiger partial charge in [0, 0.05) is 18.5 Å². The fourth-order valence-corrected chi connectivity index (χ4v) is 6.23. The van der Waals surface area contributed by atoms with Crippen LogP contribution < -0.4 is 5.32 Å². The lowest BCUT2D eigenvalue weighted by Gasteiger charge is -2.39. The zero-order chi connectivity index (χ0) is 20.8. The zero-order valence-corrected chi connectivity index (χ0v) is 18.7. The third kappa shape index (κ3) is 3.19. The van der Waals surface area contributed by atoms with E-state index < -0.39 is 0 Å². The summed E-state index contributed by atoms with van der Waals surface area (Å²) in [5.41, 5.74) is 2.44. The van der Waals surface area contributed by atoms with Crippen LogP contribution in [-0.2, 0) is 4.79 Å². The summed E-state index contributed by atoms with van der Waals surface area (Å²) < 4.78 is 0. The van der Waals surface area contributed by atoms with Gasteiger partial charge < -0.3 is 5.32 Å². The number of fused-ring (bicyclic) bond motifs is 2. The van der Waals surface area contributed by atoms with Crippen molar-refractivity contribution in [3.05, 3.63) is 35.9 Å². The lowest BCUT2D eigenvalue weighted by atomic mass is 9.69. The van der Waals surface area contributed by atoms with E-state index in [1.54, 1.807) is 0 Å². The van der Waals surface area contributed by atoms with Crippen LogP contribution in [-0.4, -0.2) is 29.2 Å². The summed E-state index contributed by atoms with van der Waals surface area (Å²) in [5.74, 6) is 0.861. The van der Waals surface area contributed by atoms with E-state index in [1.807, 2.05) is 6.07 Å². The molecule has 2 bridgehead atoms. The van der Waals surface area contributed by atoms with Crippen LogP contribution in [0.3, 0.4) is 0 Å². The molecule has 1 aromatic rings. The Bertz CT molecular complexity index is 787. The Labute approximate surface area is 176 Å². The SMILES string of the molecule is CCCCN1N=C(C(=O)N[C@H]2C[C@@H]3CC[C@]2(C)C3(C)C)C(C)C1c1ccccc1. The molecule has 1 amide bonds. The Morgan fingerprint density at radius 1 is 1.24 bits per heavy atom. The first-order chi connectivity index (χ1) is 13.8. The summed E-state index contributed by atoms with van der Waals surface area (Å²) in [4.78, 5) is 13.4. The number of amides is 1. The Kier molecular flexibility index (Phi) is 5.25. The molecule has 2 fully saturated rings. The second-order valence-electron chi connectivity index (χ2n) is 10.3. The summed E-state index contributed by atoms with van der Waals surface area (Å²) >= 11 is 0. The molecule has 2 aliphatic carbocycles. The fourth-order valence-electron chi connectivity index (χ4n) is 6.23. The molecule has 0 saturated heterocycles. The standard InChI is InChI=1S/C25H37N3O/c1-6-7-15-28-22(18-11-9-8-10-12-18)17(2)21(27-28)23(29)26-20-16-19-13-14-25(20,5)24(19,3)4/h8-12,17,19-20,22H,6-7,13-16H2,1-5H3,(H,26,29)/t17?,19-,20-,22?,25-/m0/s1. The topological polar surface area (TPSA) is 44.7 Å². The average Bonchev–Trinajstić information content (AvgIpc) is 3.21. The Balaban J connectivity index is 1.53. The Morgan fingerprint density at radius 3 is 2.55 bits per heavy atom. The number of hydrogen-bond acceptors (Lipinski definition) is 3. The fraction of sp³-hybridized carbons (Fsp3) is 0.680. The molecule has 0 spiro atoms. The highest BCUT2D eigenvalue weighted by Crippen LogP contribution is 2.65. The van der Waals surface area contributed by atoms with Gasteiger partial charge in [0.2, 0.25) is 0 Å². The minimum atomic E-state index is 0.0482. The summed E-state index contributed by atoms with van der Waals surface area (Å²) in [5, 5.41) is 10.5. The van der Waals surface area contributed by atoms with Crippen LogP contribution in [0.5, 0.6) is 0 Å². The normalized spacial score (nSPS) is 35.1. The van der Waals surface area contributed by atoms with E-state index in [4.69, 9.17) is 5.10 Å². The summed E-state index contributed by atoms with van der Waals surface area (Å²) in [6.07, 6.45) is 5.84. The lowest BCUT2D eigenvalue weighted by Crippen LogP contribution is -2.49. The van der Waals surface area contributed by atoms with Gasteiger partial charge in [-0.05, 0) is 48.0 Å². The van der Waals surface area contributed by atoms with Crippen molar-refractivity contribution >= 4 is 11.6 Å². The molecular formula is C25H37N3O. The highest BCUT2D eigenvalue weighted by Gasteiger charge is 2.61. The second-order valence-corrected chi connectivity index (χ2v) is 10.3. The smallest absolute Gasteiger partial charge is 0.268 e. The van der Waals surface area contributed by atoms with Crippen molar-refractivity contribution in [3.63, 3.8) is 0 Å². The first-order valence-corrected chi connectivity index (χ1v) is 11.5. The first-order valence-electron chi connectivity index (χ1n) is 11.5. The summed E-state index contributed by atoms with van der Waals surface area (Å²) in [6.45, 7) is 12.4. The number of nitrogens with one attached hydrogen (secondary N) is 1. The second kappa shape index (κ2) is 7.45. The van der Waals surface area contributed by atoms with E-state index >= 15 is 0 Å². The van der Waals surface area contributed by atoms with E-state index in [0.29, 0.717) is 11.1 Å². The molecule has 158 valence electrons. The number of benzene rings is 1. The number of carbonyl (C=O) groups excluding carboxylic acids is 1. The van der Waals surface area contributed by atoms with Gasteiger partial charge in [0.15, 0.2) is 0 Å². The number of hydrazone groups is 1. The molecule has 1 N–H and O–H groups in total. The molecule has 4 rings (SSSR count). The van der Waals surface area contributed by atoms with Gasteiger partial charge >= 0.3 is 0 Å². The van der Waals surface area contributed by atoms with Crippen LogP contribution in [0.4, 0.5) is 0 Å². The van der Waals surface area contributed by atoms with Gasteiger partial charge in [-0.25, -0.2) is 0 Å². The maximum atomic E-state index is 13.4. The van der Waals surface area contributed by atoms with Gasteiger partial charge in [-0.15, -0.1) is 0 Å². The third-order valence-electron chi connectivity index (χ3n) is 8.68. The van der Waals surface area contributed by atoms with E-state index in [-0.39, 0.29) is 29.3 Å². The largest absolute Gasteiger partial charge is 0.348 e. The highest BCUT2D eigenvalue weighted by molar-refractivity contribution is 6.40. The van der Waals surface area contributed by atoms with Crippen LogP contribution in [0.2, 0.25) is 0 Å². The molecule has 1 heterocycles. The average molecular weight is 396 g/mol. The molecule has 0 aromatic heterocycles. The van der Waals surface area contributed by atoms with Gasteiger partial charge in [0.05, 0.1) is 6.04 Å². The molecule has 1 aliphatic heterocycles. The van der Waals surface area contributed by atoms with Crippen molar-refractivity contribution in [2.24, 2.45) is 27.8 Å². The van der Waals surface area contributed by atoms with Crippen molar-refractivity contribution in [2.75, 3.05) is 6.54 Å². The van der Waals surface area contributed by atoms with Crippen LogP contribution in [0.25, 0.3) is 0 Å². The quantitative estimate of drug-likeness (QED) is 0.722. The van der Waals surface area contributed by atoms with Crippen molar-refractivity contribution in [1.82, 2.24) is 10.3 Å². The van der Waals surface area contributed by atoms with Gasteiger partial charge in [-0.1, -0.05) is 71.4 Å². The minimum absolute atomic E-state index is 0.0482. The number of nitrogens with zero attached hydrogens (tertiary/aromatic N) is 2. The molecule has 3 aliphatic rings. The molecule has 2 saturated carbocycles. The molecule has 4 nitrogen and oxygen atoms in total. The first kappa shape index (κ1) is 20.4. The van der Waals surface area contributed by atoms with Gasteiger partial charge in [0.25, 0.3) is 5.91 Å². The minimum Gasteiger partial charge on any atom is -0.348 e. The zero-order valence-electron chi connectivity index (χ0n) is 18.7. The van der Waals surface area contributed by atoms with Gasteiger partial charge in [-0.2, -0.15) is 5.10 Å². The Morgan fingerprint density at radius 2 is 1.97 bits per heavy atom. The number of unbranched alkanes of at least 4 members (excludes halogenated alkanes) is 1. The van der Waals surface area contributed by atoms with Crippen molar-refractivity contribution in [3.8, 4) is 0 Å². The third-order valence-corrected chi connectivity index (χ3v) is 8.68. The number of hydrogen-bond donors (Lipinski definition) is 1. The molecule has 29 heavy (non-hydrogen) atoms. The molecule has 4 heteroatoms. The number of rotatable bonds is 6. The van der Waals surface area contributed by atoms with Crippen LogP contribution in [0.1, 0.15) is 78.3 Å². The van der Waals surface area contributed by atoms with Crippen molar-refractivity contribution in [2.45, 2.75) is 78.8 Å². The van der Waals surface area contributed by atoms with E-state index in [9.17, 15) is 4.79 Å². The van der Waals surface area contributed by atoms with Crippen LogP contribution >= 0.6 is 0 Å². The van der Waals surface area contributed by atoms with E-state index in [1.165, 1.54) is 18.4 Å². The van der Waals surface area contributed by atoms with Crippen LogP contribution in [0, 0.1) is 22.7 Å². The molecule has 2 unspecified atom stereocenters. The van der Waals surface area contributed by atoms with Gasteiger partial charge in [-0.3, -0.25) is 9.80 Å². The van der Waals surface area contributed by atoms with Crippen molar-refractivity contribution in [1.29, 1.82) is 0 Å².